The summed E-state index contributed by atoms with van der Waals surface area (Å²) in [6.45, 7) is 7.04. The number of ether oxygens (including phenoxy) is 1. The lowest BCUT2D eigenvalue weighted by Crippen LogP contribution is -2.24. The third-order valence-electron chi connectivity index (χ3n) is 3.55. The quantitative estimate of drug-likeness (QED) is 0.355. The molecule has 0 fully saturated rings. The van der Waals surface area contributed by atoms with Crippen LogP contribution in [0.1, 0.15) is 64.1 Å². The zero-order chi connectivity index (χ0) is 17.9. The fourth-order valence-electron chi connectivity index (χ4n) is 2.08. The Morgan fingerprint density at radius 2 is 1.92 bits per heavy atom. The monoisotopic (exact) mass is 338 g/mol. The molecule has 1 aromatic rings. The molecular formula is C17H26N2O5. The van der Waals surface area contributed by atoms with Crippen LogP contribution in [0, 0.1) is 0 Å². The van der Waals surface area contributed by atoms with Gasteiger partial charge in [0.1, 0.15) is 0 Å². The second-order valence-electron chi connectivity index (χ2n) is 5.79. The summed E-state index contributed by atoms with van der Waals surface area (Å²) in [5.74, 6) is -1.10. The summed E-state index contributed by atoms with van der Waals surface area (Å²) in [4.78, 5) is 26.6. The first-order valence-corrected chi connectivity index (χ1v) is 8.37. The van der Waals surface area contributed by atoms with Crippen molar-refractivity contribution in [2.45, 2.75) is 71.3 Å². The summed E-state index contributed by atoms with van der Waals surface area (Å²) in [7, 11) is 0. The van der Waals surface area contributed by atoms with Gasteiger partial charge in [0.15, 0.2) is 11.9 Å². The van der Waals surface area contributed by atoms with Gasteiger partial charge in [-0.2, -0.15) is 4.98 Å². The molecule has 1 atom stereocenters. The molecular weight excluding hydrogens is 312 g/mol. The van der Waals surface area contributed by atoms with Crippen molar-refractivity contribution < 1.29 is 24.0 Å². The molecule has 1 heterocycles. The Morgan fingerprint density at radius 1 is 1.25 bits per heavy atom. The first kappa shape index (κ1) is 19.9. The van der Waals surface area contributed by atoms with E-state index in [0.717, 1.165) is 19.3 Å². The van der Waals surface area contributed by atoms with Crippen molar-refractivity contribution >= 4 is 11.9 Å². The van der Waals surface area contributed by atoms with Crippen molar-refractivity contribution in [2.24, 2.45) is 0 Å². The third-order valence-corrected chi connectivity index (χ3v) is 3.55. The number of unbranched alkanes of at least 4 members (excludes halogenated alkanes) is 5. The van der Waals surface area contributed by atoms with E-state index in [1.54, 1.807) is 0 Å². The summed E-state index contributed by atoms with van der Waals surface area (Å²) in [5, 5.41) is 12.6. The number of aryl methyl sites for hydroxylation is 1. The first-order valence-electron chi connectivity index (χ1n) is 8.37. The van der Waals surface area contributed by atoms with Gasteiger partial charge >= 0.3 is 11.9 Å². The Hall–Kier alpha value is -2.18. The number of carbonyl (C=O) groups is 2. The number of nitrogens with zero attached hydrogens (tertiary/aromatic N) is 2. The van der Waals surface area contributed by atoms with E-state index in [-0.39, 0.29) is 17.9 Å². The van der Waals surface area contributed by atoms with Gasteiger partial charge in [0, 0.05) is 12.0 Å². The number of esters is 1. The first-order chi connectivity index (χ1) is 11.4. The van der Waals surface area contributed by atoms with Gasteiger partial charge in [0.2, 0.25) is 5.89 Å². The van der Waals surface area contributed by atoms with E-state index >= 15 is 0 Å². The molecule has 0 spiro atoms. The van der Waals surface area contributed by atoms with Crippen molar-refractivity contribution in [1.29, 1.82) is 0 Å². The van der Waals surface area contributed by atoms with Gasteiger partial charge in [0.05, 0.1) is 6.42 Å². The number of carboxylic acid groups (broad SMARTS) is 1. The van der Waals surface area contributed by atoms with Gasteiger partial charge < -0.3 is 14.4 Å². The summed E-state index contributed by atoms with van der Waals surface area (Å²) in [5.41, 5.74) is 0.0814. The number of carbonyl (C=O) groups excluding carboxylic acids is 1. The molecule has 0 amide bonds. The Labute approximate surface area is 142 Å². The lowest BCUT2D eigenvalue weighted by Gasteiger charge is -2.08. The zero-order valence-electron chi connectivity index (χ0n) is 14.4. The van der Waals surface area contributed by atoms with Crippen LogP contribution in [0.2, 0.25) is 0 Å². The fourth-order valence-corrected chi connectivity index (χ4v) is 2.08. The van der Waals surface area contributed by atoms with Crippen LogP contribution < -0.4 is 0 Å². The molecule has 0 saturated heterocycles. The molecule has 0 saturated carbocycles. The van der Waals surface area contributed by atoms with E-state index in [2.05, 4.69) is 23.6 Å². The predicted molar refractivity (Wildman–Crippen MR) is 87.4 cm³/mol. The second kappa shape index (κ2) is 10.6. The molecule has 0 bridgehead atoms. The minimum absolute atomic E-state index is 0.0503. The number of hydrogen-bond acceptors (Lipinski definition) is 6. The molecule has 0 aliphatic carbocycles. The Kier molecular flexibility index (Phi) is 8.75. The molecule has 0 aromatic carbocycles. The summed E-state index contributed by atoms with van der Waals surface area (Å²) >= 11 is 0. The second-order valence-corrected chi connectivity index (χ2v) is 5.79. The van der Waals surface area contributed by atoms with Gasteiger partial charge in [0.25, 0.3) is 0 Å². The molecule has 1 unspecified atom stereocenters. The molecule has 134 valence electrons. The van der Waals surface area contributed by atoms with Crippen molar-refractivity contribution in [3.8, 4) is 0 Å². The standard InChI is InChI=1S/C17H26N2O5/c1-4-5-6-7-8-9-10-14-18-15(24-19-14)11-12(2)17(22)23-13(3)16(20)21/h13H,2,4-11H2,1,3H3,(H,20,21). The molecule has 1 N–H and O–H groups in total. The maximum absolute atomic E-state index is 11.7. The van der Waals surface area contributed by atoms with Crippen LogP contribution in [0.3, 0.4) is 0 Å². The highest BCUT2D eigenvalue weighted by atomic mass is 16.6. The molecule has 24 heavy (non-hydrogen) atoms. The van der Waals surface area contributed by atoms with Crippen LogP contribution in [0.4, 0.5) is 0 Å². The summed E-state index contributed by atoms with van der Waals surface area (Å²) in [6.07, 6.45) is 6.67. The van der Waals surface area contributed by atoms with Crippen molar-refractivity contribution in [2.75, 3.05) is 0 Å². The molecule has 0 aliphatic heterocycles. The smallest absolute Gasteiger partial charge is 0.344 e. The van der Waals surface area contributed by atoms with Gasteiger partial charge in [-0.15, -0.1) is 0 Å². The highest BCUT2D eigenvalue weighted by molar-refractivity contribution is 5.90. The number of rotatable bonds is 12. The number of hydrogen-bond donors (Lipinski definition) is 1. The van der Waals surface area contributed by atoms with Crippen molar-refractivity contribution in [1.82, 2.24) is 10.1 Å². The highest BCUT2D eigenvalue weighted by Gasteiger charge is 2.20. The van der Waals surface area contributed by atoms with Crippen LogP contribution >= 0.6 is 0 Å². The van der Waals surface area contributed by atoms with Gasteiger partial charge in [-0.05, 0) is 13.3 Å². The fraction of sp³-hybridized carbons (Fsp3) is 0.647. The van der Waals surface area contributed by atoms with E-state index in [1.807, 2.05) is 0 Å². The maximum Gasteiger partial charge on any atom is 0.344 e. The van der Waals surface area contributed by atoms with E-state index in [9.17, 15) is 9.59 Å². The molecule has 0 radical (unpaired) electrons. The van der Waals surface area contributed by atoms with Crippen molar-refractivity contribution in [3.05, 3.63) is 23.9 Å². The minimum atomic E-state index is -1.22. The SMILES string of the molecule is C=C(Cc1nc(CCCCCCCC)no1)C(=O)OC(C)C(=O)O. The van der Waals surface area contributed by atoms with Gasteiger partial charge in [-0.1, -0.05) is 50.8 Å². The molecule has 1 rings (SSSR count). The molecule has 1 aromatic heterocycles. The minimum Gasteiger partial charge on any atom is -0.479 e. The molecule has 0 aliphatic rings. The van der Waals surface area contributed by atoms with E-state index in [4.69, 9.17) is 14.4 Å². The summed E-state index contributed by atoms with van der Waals surface area (Å²) < 4.78 is 9.82. The molecule has 7 heteroatoms. The largest absolute Gasteiger partial charge is 0.479 e. The Bertz CT molecular complexity index is 553. The molecule has 7 nitrogen and oxygen atoms in total. The Balaban J connectivity index is 2.33. The normalized spacial score (nSPS) is 11.9. The van der Waals surface area contributed by atoms with E-state index < -0.39 is 18.0 Å². The maximum atomic E-state index is 11.7. The van der Waals surface area contributed by atoms with Gasteiger partial charge in [-0.25, -0.2) is 9.59 Å². The lowest BCUT2D eigenvalue weighted by molar-refractivity contribution is -0.160. The topological polar surface area (TPSA) is 103 Å². The highest BCUT2D eigenvalue weighted by Crippen LogP contribution is 2.11. The van der Waals surface area contributed by atoms with Crippen LogP contribution in [0.5, 0.6) is 0 Å². The average molecular weight is 338 g/mol. The van der Waals surface area contributed by atoms with Crippen molar-refractivity contribution in [3.63, 3.8) is 0 Å². The average Bonchev–Trinajstić information content (AvgIpc) is 2.97. The number of aromatic nitrogens is 2. The third kappa shape index (κ3) is 7.39. The Morgan fingerprint density at radius 3 is 2.58 bits per heavy atom. The van der Waals surface area contributed by atoms with Crippen LogP contribution in [-0.4, -0.2) is 33.3 Å². The van der Waals surface area contributed by atoms with E-state index in [0.29, 0.717) is 5.82 Å². The van der Waals surface area contributed by atoms with Crippen LogP contribution in [0.15, 0.2) is 16.7 Å². The van der Waals surface area contributed by atoms with Crippen LogP contribution in [-0.2, 0) is 27.2 Å². The zero-order valence-corrected chi connectivity index (χ0v) is 14.4. The summed E-state index contributed by atoms with van der Waals surface area (Å²) in [6, 6.07) is 0. The van der Waals surface area contributed by atoms with Crippen LogP contribution in [0.25, 0.3) is 0 Å². The predicted octanol–water partition coefficient (Wildman–Crippen LogP) is 3.09. The van der Waals surface area contributed by atoms with Gasteiger partial charge in [-0.3, -0.25) is 0 Å². The van der Waals surface area contributed by atoms with E-state index in [1.165, 1.54) is 32.6 Å². The number of aliphatic carboxylic acids is 1. The number of carboxylic acids is 1. The lowest BCUT2D eigenvalue weighted by atomic mass is 10.1.